The highest BCUT2D eigenvalue weighted by Crippen LogP contribution is 2.25. The first-order valence-corrected chi connectivity index (χ1v) is 11.5. The monoisotopic (exact) mass is 464 g/mol. The number of hydrogen-bond donors (Lipinski definition) is 2. The molecular weight excluding hydrogens is 440 g/mol. The van der Waals surface area contributed by atoms with Crippen molar-refractivity contribution in [3.8, 4) is 11.3 Å². The van der Waals surface area contributed by atoms with Crippen molar-refractivity contribution >= 4 is 17.7 Å². The van der Waals surface area contributed by atoms with E-state index in [1.54, 1.807) is 54.7 Å². The third-order valence-electron chi connectivity index (χ3n) is 6.13. The lowest BCUT2D eigenvalue weighted by atomic mass is 10.1. The maximum absolute atomic E-state index is 13.1. The molecule has 174 valence electrons. The number of aromatic amines is 1. The van der Waals surface area contributed by atoms with Crippen molar-refractivity contribution in [2.75, 3.05) is 0 Å². The van der Waals surface area contributed by atoms with Gasteiger partial charge in [0, 0.05) is 5.56 Å². The number of rotatable bonds is 7. The molecule has 0 saturated heterocycles. The zero-order valence-electron chi connectivity index (χ0n) is 19.2. The first-order valence-electron chi connectivity index (χ1n) is 11.5. The van der Waals surface area contributed by atoms with Crippen molar-refractivity contribution in [2.45, 2.75) is 25.9 Å². The molecule has 1 aliphatic rings. The maximum Gasteiger partial charge on any atom is 0.261 e. The lowest BCUT2D eigenvalue weighted by Crippen LogP contribution is -2.30. The Morgan fingerprint density at radius 2 is 1.63 bits per heavy atom. The minimum absolute atomic E-state index is 0.100. The number of benzene rings is 3. The van der Waals surface area contributed by atoms with Gasteiger partial charge in [-0.25, -0.2) is 4.98 Å². The number of fused-ring (bicyclic) bond motifs is 1. The smallest absolute Gasteiger partial charge is 0.261 e. The molecular formula is C28H24N4O3. The summed E-state index contributed by atoms with van der Waals surface area (Å²) in [5.41, 5.74) is 3.87. The topological polar surface area (TPSA) is 95.2 Å². The van der Waals surface area contributed by atoms with Crippen molar-refractivity contribution < 1.29 is 14.4 Å². The van der Waals surface area contributed by atoms with Gasteiger partial charge in [0.15, 0.2) is 0 Å². The fourth-order valence-corrected chi connectivity index (χ4v) is 4.26. The van der Waals surface area contributed by atoms with Crippen LogP contribution in [0.3, 0.4) is 0 Å². The molecule has 2 heterocycles. The Balaban J connectivity index is 1.30. The second-order valence-electron chi connectivity index (χ2n) is 8.42. The van der Waals surface area contributed by atoms with Gasteiger partial charge in [-0.2, -0.15) is 0 Å². The summed E-state index contributed by atoms with van der Waals surface area (Å²) in [6.45, 7) is 2.08. The molecule has 5 rings (SSSR count). The van der Waals surface area contributed by atoms with Crippen LogP contribution in [-0.2, 0) is 6.54 Å². The average Bonchev–Trinajstić information content (AvgIpc) is 3.48. The number of nitrogens with one attached hydrogen (secondary N) is 2. The highest BCUT2D eigenvalue weighted by Gasteiger charge is 2.35. The number of hydrogen-bond acceptors (Lipinski definition) is 4. The summed E-state index contributed by atoms with van der Waals surface area (Å²) in [6.07, 6.45) is 2.42. The lowest BCUT2D eigenvalue weighted by molar-refractivity contribution is 0.0642. The van der Waals surface area contributed by atoms with Crippen molar-refractivity contribution in [1.82, 2.24) is 20.2 Å². The van der Waals surface area contributed by atoms with E-state index in [0.717, 1.165) is 11.3 Å². The molecule has 7 heteroatoms. The number of nitrogens with zero attached hydrogens (tertiary/aromatic N) is 2. The molecule has 35 heavy (non-hydrogen) atoms. The van der Waals surface area contributed by atoms with E-state index in [0.29, 0.717) is 34.5 Å². The first kappa shape index (κ1) is 22.3. The molecule has 0 bridgehead atoms. The fraction of sp³-hybridized carbons (Fsp3) is 0.143. The summed E-state index contributed by atoms with van der Waals surface area (Å²) in [5, 5.41) is 3.04. The molecule has 7 nitrogen and oxygen atoms in total. The molecule has 1 aliphatic heterocycles. The summed E-state index contributed by atoms with van der Waals surface area (Å²) in [6, 6.07) is 23.4. The van der Waals surface area contributed by atoms with Crippen LogP contribution in [0.2, 0.25) is 0 Å². The normalized spacial score (nSPS) is 13.6. The van der Waals surface area contributed by atoms with E-state index < -0.39 is 0 Å². The Bertz CT molecular complexity index is 1380. The van der Waals surface area contributed by atoms with Gasteiger partial charge in [0.1, 0.15) is 5.82 Å². The van der Waals surface area contributed by atoms with Crippen LogP contribution >= 0.6 is 0 Å². The summed E-state index contributed by atoms with van der Waals surface area (Å²) in [7, 11) is 0. The molecule has 1 atom stereocenters. The van der Waals surface area contributed by atoms with Gasteiger partial charge in [-0.1, -0.05) is 61.5 Å². The van der Waals surface area contributed by atoms with E-state index in [9.17, 15) is 14.4 Å². The Kier molecular flexibility index (Phi) is 5.97. The summed E-state index contributed by atoms with van der Waals surface area (Å²) < 4.78 is 0. The number of carbonyl (C=O) groups excluding carboxylic acids is 3. The van der Waals surface area contributed by atoms with E-state index in [1.165, 1.54) is 4.90 Å². The van der Waals surface area contributed by atoms with Gasteiger partial charge >= 0.3 is 0 Å². The fourth-order valence-electron chi connectivity index (χ4n) is 4.26. The predicted octanol–water partition coefficient (Wildman–Crippen LogP) is 4.75. The molecule has 2 N–H and O–H groups in total. The SMILES string of the molecule is CCC(NC(=O)c1cccc(CN2C(=O)c3ccccc3C2=O)c1)c1ncc(-c2ccccc2)[nH]1. The number of H-pyrrole nitrogens is 1. The van der Waals surface area contributed by atoms with Crippen molar-refractivity contribution in [2.24, 2.45) is 0 Å². The van der Waals surface area contributed by atoms with E-state index in [1.807, 2.05) is 37.3 Å². The van der Waals surface area contributed by atoms with Gasteiger partial charge in [0.05, 0.1) is 35.6 Å². The first-order chi connectivity index (χ1) is 17.0. The molecule has 0 aliphatic carbocycles. The van der Waals surface area contributed by atoms with Crippen LogP contribution in [0.25, 0.3) is 11.3 Å². The van der Waals surface area contributed by atoms with Crippen molar-refractivity contribution in [3.05, 3.63) is 113 Å². The summed E-state index contributed by atoms with van der Waals surface area (Å²) in [4.78, 5) is 47.4. The molecule has 1 aromatic heterocycles. The molecule has 0 fully saturated rings. The number of carbonyl (C=O) groups is 3. The van der Waals surface area contributed by atoms with Crippen LogP contribution < -0.4 is 5.32 Å². The minimum atomic E-state index is -0.321. The van der Waals surface area contributed by atoms with Gasteiger partial charge in [-0.15, -0.1) is 0 Å². The molecule has 3 amide bonds. The van der Waals surface area contributed by atoms with Crippen LogP contribution in [0.4, 0.5) is 0 Å². The highest BCUT2D eigenvalue weighted by atomic mass is 16.2. The maximum atomic E-state index is 13.1. The minimum Gasteiger partial charge on any atom is -0.342 e. The Labute approximate surface area is 202 Å². The van der Waals surface area contributed by atoms with E-state index in [-0.39, 0.29) is 30.3 Å². The third-order valence-corrected chi connectivity index (χ3v) is 6.13. The Morgan fingerprint density at radius 1 is 0.943 bits per heavy atom. The van der Waals surface area contributed by atoms with E-state index >= 15 is 0 Å². The number of imide groups is 1. The van der Waals surface area contributed by atoms with Crippen LogP contribution in [-0.4, -0.2) is 32.6 Å². The van der Waals surface area contributed by atoms with Gasteiger partial charge in [-0.05, 0) is 41.8 Å². The van der Waals surface area contributed by atoms with Gasteiger partial charge in [-0.3, -0.25) is 19.3 Å². The molecule has 0 radical (unpaired) electrons. The predicted molar refractivity (Wildman–Crippen MR) is 132 cm³/mol. The Morgan fingerprint density at radius 3 is 2.31 bits per heavy atom. The lowest BCUT2D eigenvalue weighted by Gasteiger charge is -2.17. The van der Waals surface area contributed by atoms with E-state index in [4.69, 9.17) is 0 Å². The van der Waals surface area contributed by atoms with Crippen molar-refractivity contribution in [3.63, 3.8) is 0 Å². The number of imidazole rings is 1. The molecule has 1 unspecified atom stereocenters. The zero-order valence-corrected chi connectivity index (χ0v) is 19.2. The molecule has 4 aromatic rings. The van der Waals surface area contributed by atoms with Crippen LogP contribution in [0, 0.1) is 0 Å². The summed E-state index contributed by atoms with van der Waals surface area (Å²) in [5.74, 6) is -0.210. The third kappa shape index (κ3) is 4.36. The highest BCUT2D eigenvalue weighted by molar-refractivity contribution is 6.21. The average molecular weight is 465 g/mol. The van der Waals surface area contributed by atoms with Crippen molar-refractivity contribution in [1.29, 1.82) is 0 Å². The zero-order chi connectivity index (χ0) is 24.4. The van der Waals surface area contributed by atoms with Crippen LogP contribution in [0.1, 0.15) is 61.8 Å². The van der Waals surface area contributed by atoms with Gasteiger partial charge in [0.2, 0.25) is 0 Å². The largest absolute Gasteiger partial charge is 0.342 e. The molecule has 0 spiro atoms. The number of amides is 3. The van der Waals surface area contributed by atoms with Crippen LogP contribution in [0.5, 0.6) is 0 Å². The van der Waals surface area contributed by atoms with E-state index in [2.05, 4.69) is 15.3 Å². The van der Waals surface area contributed by atoms with Crippen LogP contribution in [0.15, 0.2) is 85.1 Å². The molecule has 3 aromatic carbocycles. The summed E-state index contributed by atoms with van der Waals surface area (Å²) >= 11 is 0. The van der Waals surface area contributed by atoms with Gasteiger partial charge < -0.3 is 10.3 Å². The number of aromatic nitrogens is 2. The second kappa shape index (κ2) is 9.38. The quantitative estimate of drug-likeness (QED) is 0.386. The Hall–Kier alpha value is -4.52. The second-order valence-corrected chi connectivity index (χ2v) is 8.42. The van der Waals surface area contributed by atoms with Gasteiger partial charge in [0.25, 0.3) is 17.7 Å². The molecule has 0 saturated carbocycles. The standard InChI is InChI=1S/C28H24N4O3/c1-2-23(25-29-16-24(30-25)19-10-4-3-5-11-19)31-26(33)20-12-8-9-18(15-20)17-32-27(34)21-13-6-7-14-22(21)28(32)35/h3-16,23H,2,17H2,1H3,(H,29,30)(H,31,33).